The van der Waals surface area contributed by atoms with E-state index in [-0.39, 0.29) is 6.03 Å². The third kappa shape index (κ3) is 3.12. The van der Waals surface area contributed by atoms with Crippen LogP contribution in [0.4, 0.5) is 10.5 Å². The number of urea groups is 1. The summed E-state index contributed by atoms with van der Waals surface area (Å²) in [5, 5.41) is 3.02. The molecule has 0 unspecified atom stereocenters. The molecule has 1 aromatic rings. The summed E-state index contributed by atoms with van der Waals surface area (Å²) in [5.74, 6) is 0. The highest BCUT2D eigenvalue weighted by molar-refractivity contribution is 5.89. The first-order valence-corrected chi connectivity index (χ1v) is 7.96. The molecule has 2 fully saturated rings. The van der Waals surface area contributed by atoms with Crippen LogP contribution in [-0.4, -0.2) is 24.0 Å². The number of nitrogens with zero attached hydrogens (tertiary/aromatic N) is 1. The number of likely N-dealkylation sites (tertiary alicyclic amines) is 1. The van der Waals surface area contributed by atoms with Crippen molar-refractivity contribution >= 4 is 11.7 Å². The minimum Gasteiger partial charge on any atom is -0.324 e. The topological polar surface area (TPSA) is 32.3 Å². The van der Waals surface area contributed by atoms with Crippen LogP contribution in [0.3, 0.4) is 0 Å². The Morgan fingerprint density at radius 1 is 1.00 bits per heavy atom. The SMILES string of the molecule is Cc1ccc(NC(=O)N2CCC(=C3CCC3)CC2)cc1C. The highest BCUT2D eigenvalue weighted by Crippen LogP contribution is 2.33. The van der Waals surface area contributed by atoms with E-state index in [0.29, 0.717) is 0 Å². The lowest BCUT2D eigenvalue weighted by molar-refractivity contribution is 0.207. The van der Waals surface area contributed by atoms with Crippen LogP contribution in [0.1, 0.15) is 43.2 Å². The van der Waals surface area contributed by atoms with Crippen LogP contribution < -0.4 is 5.32 Å². The molecule has 0 bridgehead atoms. The Hall–Kier alpha value is -1.77. The monoisotopic (exact) mass is 284 g/mol. The highest BCUT2D eigenvalue weighted by atomic mass is 16.2. The zero-order valence-corrected chi connectivity index (χ0v) is 13.0. The summed E-state index contributed by atoms with van der Waals surface area (Å²) in [7, 11) is 0. The standard InChI is InChI=1S/C18H24N2O/c1-13-6-7-17(12-14(13)2)19-18(21)20-10-8-16(9-11-20)15-4-3-5-15/h6-7,12H,3-5,8-11H2,1-2H3,(H,19,21). The number of hydrogen-bond acceptors (Lipinski definition) is 1. The zero-order chi connectivity index (χ0) is 14.8. The quantitative estimate of drug-likeness (QED) is 0.761. The van der Waals surface area contributed by atoms with E-state index in [1.54, 1.807) is 11.1 Å². The number of allylic oxidation sites excluding steroid dienone is 1. The second-order valence-corrected chi connectivity index (χ2v) is 6.28. The molecule has 1 heterocycles. The van der Waals surface area contributed by atoms with Crippen LogP contribution in [0.2, 0.25) is 0 Å². The van der Waals surface area contributed by atoms with Crippen molar-refractivity contribution in [2.24, 2.45) is 0 Å². The molecular formula is C18H24N2O. The lowest BCUT2D eigenvalue weighted by atomic mass is 9.84. The molecule has 21 heavy (non-hydrogen) atoms. The van der Waals surface area contributed by atoms with Crippen molar-refractivity contribution in [3.05, 3.63) is 40.5 Å². The normalized spacial score (nSPS) is 18.5. The van der Waals surface area contributed by atoms with Gasteiger partial charge in [0.15, 0.2) is 0 Å². The first-order chi connectivity index (χ1) is 10.1. The molecule has 112 valence electrons. The molecule has 0 aromatic heterocycles. The summed E-state index contributed by atoms with van der Waals surface area (Å²) in [6.45, 7) is 5.87. The zero-order valence-electron chi connectivity index (χ0n) is 13.0. The van der Waals surface area contributed by atoms with Crippen molar-refractivity contribution in [1.29, 1.82) is 0 Å². The van der Waals surface area contributed by atoms with Gasteiger partial charge >= 0.3 is 6.03 Å². The maximum atomic E-state index is 12.3. The van der Waals surface area contributed by atoms with Crippen LogP contribution in [0, 0.1) is 13.8 Å². The van der Waals surface area contributed by atoms with Gasteiger partial charge in [0.2, 0.25) is 0 Å². The lowest BCUT2D eigenvalue weighted by Gasteiger charge is -2.32. The number of benzene rings is 1. The minimum atomic E-state index is 0.0379. The van der Waals surface area contributed by atoms with Gasteiger partial charge in [0.05, 0.1) is 0 Å². The first kappa shape index (κ1) is 14.2. The summed E-state index contributed by atoms with van der Waals surface area (Å²) >= 11 is 0. The molecule has 0 spiro atoms. The Kier molecular flexibility index (Phi) is 4.00. The fraction of sp³-hybridized carbons (Fsp3) is 0.500. The maximum Gasteiger partial charge on any atom is 0.321 e. The van der Waals surface area contributed by atoms with Crippen molar-refractivity contribution in [3.63, 3.8) is 0 Å². The molecule has 2 amide bonds. The summed E-state index contributed by atoms with van der Waals surface area (Å²) in [5.41, 5.74) is 6.65. The highest BCUT2D eigenvalue weighted by Gasteiger charge is 2.22. The number of amides is 2. The van der Waals surface area contributed by atoms with Crippen molar-refractivity contribution in [3.8, 4) is 0 Å². The molecule has 1 aliphatic carbocycles. The maximum absolute atomic E-state index is 12.3. The van der Waals surface area contributed by atoms with E-state index in [9.17, 15) is 4.79 Å². The van der Waals surface area contributed by atoms with Gasteiger partial charge < -0.3 is 10.2 Å². The largest absolute Gasteiger partial charge is 0.324 e. The van der Waals surface area contributed by atoms with Gasteiger partial charge in [-0.1, -0.05) is 17.2 Å². The summed E-state index contributed by atoms with van der Waals surface area (Å²) in [6.07, 6.45) is 6.08. The van der Waals surface area contributed by atoms with Gasteiger partial charge in [0, 0.05) is 18.8 Å². The number of aryl methyl sites for hydroxylation is 2. The number of nitrogens with one attached hydrogen (secondary N) is 1. The van der Waals surface area contributed by atoms with Crippen LogP contribution in [0.25, 0.3) is 0 Å². The molecule has 1 N–H and O–H groups in total. The second kappa shape index (κ2) is 5.92. The molecule has 0 atom stereocenters. The number of carbonyl (C=O) groups excluding carboxylic acids is 1. The lowest BCUT2D eigenvalue weighted by Crippen LogP contribution is -2.39. The average Bonchev–Trinajstić information content (AvgIpc) is 2.42. The van der Waals surface area contributed by atoms with E-state index in [1.165, 1.54) is 30.4 Å². The average molecular weight is 284 g/mol. The summed E-state index contributed by atoms with van der Waals surface area (Å²) in [4.78, 5) is 14.3. The van der Waals surface area contributed by atoms with Crippen molar-refractivity contribution in [2.75, 3.05) is 18.4 Å². The number of carbonyl (C=O) groups is 1. The molecular weight excluding hydrogens is 260 g/mol. The Morgan fingerprint density at radius 3 is 2.24 bits per heavy atom. The Balaban J connectivity index is 1.57. The van der Waals surface area contributed by atoms with Gasteiger partial charge in [-0.3, -0.25) is 0 Å². The van der Waals surface area contributed by atoms with Crippen LogP contribution in [0.5, 0.6) is 0 Å². The number of anilines is 1. The van der Waals surface area contributed by atoms with Gasteiger partial charge in [0.1, 0.15) is 0 Å². The van der Waals surface area contributed by atoms with Gasteiger partial charge in [-0.15, -0.1) is 0 Å². The summed E-state index contributed by atoms with van der Waals surface area (Å²) < 4.78 is 0. The molecule has 3 heteroatoms. The molecule has 1 aliphatic heterocycles. The molecule has 1 saturated heterocycles. The number of hydrogen-bond donors (Lipinski definition) is 1. The Labute approximate surface area is 127 Å². The van der Waals surface area contributed by atoms with Gasteiger partial charge in [-0.2, -0.15) is 0 Å². The molecule has 0 radical (unpaired) electrons. The molecule has 3 nitrogen and oxygen atoms in total. The number of rotatable bonds is 1. The minimum absolute atomic E-state index is 0.0379. The van der Waals surface area contributed by atoms with Crippen LogP contribution in [0.15, 0.2) is 29.3 Å². The van der Waals surface area contributed by atoms with E-state index < -0.39 is 0 Å². The fourth-order valence-corrected chi connectivity index (χ4v) is 3.06. The third-order valence-corrected chi connectivity index (χ3v) is 4.87. The van der Waals surface area contributed by atoms with E-state index in [2.05, 4.69) is 25.2 Å². The fourth-order valence-electron chi connectivity index (χ4n) is 3.06. The van der Waals surface area contributed by atoms with Crippen molar-refractivity contribution in [1.82, 2.24) is 4.90 Å². The molecule has 1 aromatic carbocycles. The smallest absolute Gasteiger partial charge is 0.321 e. The molecule has 2 aliphatic rings. The van der Waals surface area contributed by atoms with E-state index in [1.807, 2.05) is 17.0 Å². The molecule has 3 rings (SSSR count). The second-order valence-electron chi connectivity index (χ2n) is 6.28. The van der Waals surface area contributed by atoms with Crippen LogP contribution in [-0.2, 0) is 0 Å². The van der Waals surface area contributed by atoms with E-state index in [0.717, 1.165) is 31.6 Å². The van der Waals surface area contributed by atoms with E-state index >= 15 is 0 Å². The van der Waals surface area contributed by atoms with Crippen molar-refractivity contribution in [2.45, 2.75) is 46.0 Å². The Morgan fingerprint density at radius 2 is 1.67 bits per heavy atom. The number of piperidine rings is 1. The summed E-state index contributed by atoms with van der Waals surface area (Å²) in [6, 6.07) is 6.11. The predicted octanol–water partition coefficient (Wildman–Crippen LogP) is 4.41. The van der Waals surface area contributed by atoms with E-state index in [4.69, 9.17) is 0 Å². The Bertz CT molecular complexity index is 573. The van der Waals surface area contributed by atoms with Gasteiger partial charge in [0.25, 0.3) is 0 Å². The third-order valence-electron chi connectivity index (χ3n) is 4.87. The molecule has 1 saturated carbocycles. The van der Waals surface area contributed by atoms with Crippen LogP contribution >= 0.6 is 0 Å². The van der Waals surface area contributed by atoms with Gasteiger partial charge in [-0.05, 0) is 69.2 Å². The first-order valence-electron chi connectivity index (χ1n) is 7.96. The van der Waals surface area contributed by atoms with Gasteiger partial charge in [-0.25, -0.2) is 4.79 Å². The predicted molar refractivity (Wildman–Crippen MR) is 86.6 cm³/mol. The van der Waals surface area contributed by atoms with Crippen molar-refractivity contribution < 1.29 is 4.79 Å².